The van der Waals surface area contributed by atoms with Gasteiger partial charge in [0.2, 0.25) is 5.91 Å². The van der Waals surface area contributed by atoms with Crippen LogP contribution in [0.3, 0.4) is 0 Å². The predicted molar refractivity (Wildman–Crippen MR) is 109 cm³/mol. The molecule has 0 bridgehead atoms. The molecule has 1 aliphatic carbocycles. The third kappa shape index (κ3) is 4.19. The molecule has 1 aromatic heterocycles. The van der Waals surface area contributed by atoms with E-state index in [1.54, 1.807) is 6.20 Å². The molecule has 1 atom stereocenters. The lowest BCUT2D eigenvalue weighted by atomic mass is 9.84. The van der Waals surface area contributed by atoms with Crippen molar-refractivity contribution in [1.29, 1.82) is 0 Å². The number of hydrogen-bond acceptors (Lipinski definition) is 4. The SMILES string of the molecule is CO[C@@H](C(=O)Nc1ccnn1C1CCN(C(=O)C2CCC2)CC1)c1ccccc1. The lowest BCUT2D eigenvalue weighted by molar-refractivity contribution is -0.139. The van der Waals surface area contributed by atoms with Gasteiger partial charge in [-0.3, -0.25) is 9.59 Å². The molecule has 7 nitrogen and oxygen atoms in total. The number of hydrogen-bond donors (Lipinski definition) is 1. The van der Waals surface area contributed by atoms with E-state index in [1.165, 1.54) is 13.5 Å². The highest BCUT2D eigenvalue weighted by Crippen LogP contribution is 2.31. The molecule has 2 amide bonds. The molecule has 1 aliphatic heterocycles. The van der Waals surface area contributed by atoms with Gasteiger partial charge in [-0.2, -0.15) is 5.10 Å². The first-order valence-electron chi connectivity index (χ1n) is 10.4. The van der Waals surface area contributed by atoms with Crippen LogP contribution in [-0.4, -0.2) is 46.7 Å². The van der Waals surface area contributed by atoms with E-state index in [0.29, 0.717) is 11.7 Å². The Hall–Kier alpha value is -2.67. The number of carbonyl (C=O) groups excluding carboxylic acids is 2. The molecule has 0 spiro atoms. The molecule has 1 saturated heterocycles. The minimum Gasteiger partial charge on any atom is -0.367 e. The molecule has 1 aromatic carbocycles. The highest BCUT2D eigenvalue weighted by atomic mass is 16.5. The third-order valence-electron chi connectivity index (χ3n) is 6.07. The number of nitrogens with one attached hydrogen (secondary N) is 1. The summed E-state index contributed by atoms with van der Waals surface area (Å²) >= 11 is 0. The van der Waals surface area contributed by atoms with Crippen LogP contribution in [0.2, 0.25) is 0 Å². The lowest BCUT2D eigenvalue weighted by Crippen LogP contribution is -2.44. The van der Waals surface area contributed by atoms with E-state index in [0.717, 1.165) is 44.3 Å². The van der Waals surface area contributed by atoms with Gasteiger partial charge in [-0.05, 0) is 31.2 Å². The van der Waals surface area contributed by atoms with Crippen LogP contribution >= 0.6 is 0 Å². The second-order valence-corrected chi connectivity index (χ2v) is 7.86. The smallest absolute Gasteiger partial charge is 0.259 e. The Labute approximate surface area is 171 Å². The maximum atomic E-state index is 12.8. The van der Waals surface area contributed by atoms with E-state index in [2.05, 4.69) is 10.4 Å². The molecule has 7 heteroatoms. The number of methoxy groups -OCH3 is 1. The summed E-state index contributed by atoms with van der Waals surface area (Å²) in [4.78, 5) is 27.3. The largest absolute Gasteiger partial charge is 0.367 e. The van der Waals surface area contributed by atoms with Crippen molar-refractivity contribution < 1.29 is 14.3 Å². The topological polar surface area (TPSA) is 76.5 Å². The van der Waals surface area contributed by atoms with Crippen LogP contribution in [-0.2, 0) is 14.3 Å². The van der Waals surface area contributed by atoms with Crippen LogP contribution in [0, 0.1) is 5.92 Å². The third-order valence-corrected chi connectivity index (χ3v) is 6.07. The van der Waals surface area contributed by atoms with Crippen LogP contribution in [0.1, 0.15) is 49.8 Å². The molecule has 2 heterocycles. The van der Waals surface area contributed by atoms with Gasteiger partial charge in [-0.25, -0.2) is 4.68 Å². The Morgan fingerprint density at radius 3 is 2.45 bits per heavy atom. The van der Waals surface area contributed by atoms with Crippen LogP contribution in [0.25, 0.3) is 0 Å². The maximum Gasteiger partial charge on any atom is 0.259 e. The highest BCUT2D eigenvalue weighted by Gasteiger charge is 2.32. The first-order valence-corrected chi connectivity index (χ1v) is 10.4. The molecule has 2 aromatic rings. The predicted octanol–water partition coefficient (Wildman–Crippen LogP) is 3.17. The van der Waals surface area contributed by atoms with Crippen LogP contribution in [0.4, 0.5) is 5.82 Å². The lowest BCUT2D eigenvalue weighted by Gasteiger charge is -2.37. The van der Waals surface area contributed by atoms with Gasteiger partial charge in [0, 0.05) is 32.2 Å². The molecule has 154 valence electrons. The Morgan fingerprint density at radius 2 is 1.83 bits per heavy atom. The van der Waals surface area contributed by atoms with E-state index in [4.69, 9.17) is 4.74 Å². The van der Waals surface area contributed by atoms with Crippen molar-refractivity contribution in [1.82, 2.24) is 14.7 Å². The summed E-state index contributed by atoms with van der Waals surface area (Å²) in [5.74, 6) is 0.999. The fourth-order valence-electron chi connectivity index (χ4n) is 4.16. The zero-order valence-corrected chi connectivity index (χ0v) is 16.8. The first-order chi connectivity index (χ1) is 14.2. The number of likely N-dealkylation sites (tertiary alicyclic amines) is 1. The van der Waals surface area contributed by atoms with E-state index >= 15 is 0 Å². The molecule has 29 heavy (non-hydrogen) atoms. The zero-order chi connectivity index (χ0) is 20.2. The molecule has 0 unspecified atom stereocenters. The molecule has 0 radical (unpaired) electrons. The van der Waals surface area contributed by atoms with Gasteiger partial charge >= 0.3 is 0 Å². The first kappa shape index (κ1) is 19.6. The fourth-order valence-corrected chi connectivity index (χ4v) is 4.16. The summed E-state index contributed by atoms with van der Waals surface area (Å²) in [6, 6.07) is 11.4. The zero-order valence-electron chi connectivity index (χ0n) is 16.8. The summed E-state index contributed by atoms with van der Waals surface area (Å²) in [6.07, 6.45) is 5.96. The second-order valence-electron chi connectivity index (χ2n) is 7.86. The molecular formula is C22H28N4O3. The summed E-state index contributed by atoms with van der Waals surface area (Å²) in [5.41, 5.74) is 0.807. The number of rotatable bonds is 6. The number of aromatic nitrogens is 2. The van der Waals surface area contributed by atoms with Gasteiger partial charge in [0.05, 0.1) is 12.2 Å². The van der Waals surface area contributed by atoms with E-state index in [1.807, 2.05) is 46.0 Å². The van der Waals surface area contributed by atoms with Crippen molar-refractivity contribution in [3.63, 3.8) is 0 Å². The molecule has 1 saturated carbocycles. The fraction of sp³-hybridized carbons (Fsp3) is 0.500. The number of anilines is 1. The normalized spacial score (nSPS) is 18.9. The van der Waals surface area contributed by atoms with Crippen molar-refractivity contribution in [3.8, 4) is 0 Å². The Bertz CT molecular complexity index is 839. The number of carbonyl (C=O) groups is 2. The Morgan fingerprint density at radius 1 is 1.10 bits per heavy atom. The number of ether oxygens (including phenoxy) is 1. The van der Waals surface area contributed by atoms with Crippen molar-refractivity contribution in [2.24, 2.45) is 5.92 Å². The Balaban J connectivity index is 1.38. The van der Waals surface area contributed by atoms with E-state index < -0.39 is 6.10 Å². The molecular weight excluding hydrogens is 368 g/mol. The highest BCUT2D eigenvalue weighted by molar-refractivity contribution is 5.94. The van der Waals surface area contributed by atoms with Crippen LogP contribution < -0.4 is 5.32 Å². The average molecular weight is 396 g/mol. The molecule has 2 fully saturated rings. The monoisotopic (exact) mass is 396 g/mol. The van der Waals surface area contributed by atoms with Crippen molar-refractivity contribution in [2.45, 2.75) is 44.2 Å². The maximum absolute atomic E-state index is 12.8. The van der Waals surface area contributed by atoms with Crippen LogP contribution in [0.5, 0.6) is 0 Å². The summed E-state index contributed by atoms with van der Waals surface area (Å²) in [5, 5.41) is 7.40. The van der Waals surface area contributed by atoms with Gasteiger partial charge in [-0.1, -0.05) is 36.8 Å². The minimum absolute atomic E-state index is 0.170. The number of nitrogens with zero attached hydrogens (tertiary/aromatic N) is 3. The van der Waals surface area contributed by atoms with E-state index in [-0.39, 0.29) is 17.9 Å². The van der Waals surface area contributed by atoms with E-state index in [9.17, 15) is 9.59 Å². The van der Waals surface area contributed by atoms with Gasteiger partial charge in [0.25, 0.3) is 5.91 Å². The summed E-state index contributed by atoms with van der Waals surface area (Å²) in [6.45, 7) is 1.50. The molecule has 4 rings (SSSR count). The van der Waals surface area contributed by atoms with Gasteiger partial charge in [0.1, 0.15) is 5.82 Å². The summed E-state index contributed by atoms with van der Waals surface area (Å²) in [7, 11) is 1.53. The van der Waals surface area contributed by atoms with Gasteiger partial charge in [-0.15, -0.1) is 0 Å². The van der Waals surface area contributed by atoms with Crippen LogP contribution in [0.15, 0.2) is 42.6 Å². The van der Waals surface area contributed by atoms with Crippen molar-refractivity contribution in [3.05, 3.63) is 48.2 Å². The molecule has 1 N–H and O–H groups in total. The van der Waals surface area contributed by atoms with Crippen molar-refractivity contribution >= 4 is 17.6 Å². The quantitative estimate of drug-likeness (QED) is 0.814. The second kappa shape index (κ2) is 8.78. The minimum atomic E-state index is -0.679. The number of benzene rings is 1. The Kier molecular flexibility index (Phi) is 5.94. The van der Waals surface area contributed by atoms with Gasteiger partial charge in [0.15, 0.2) is 6.10 Å². The number of amides is 2. The van der Waals surface area contributed by atoms with Crippen molar-refractivity contribution in [2.75, 3.05) is 25.5 Å². The van der Waals surface area contributed by atoms with Gasteiger partial charge < -0.3 is 15.0 Å². The number of piperidine rings is 1. The summed E-state index contributed by atoms with van der Waals surface area (Å²) < 4.78 is 7.30. The standard InChI is InChI=1S/C22H28N4O3/c1-29-20(16-6-3-2-4-7-16)21(27)24-19-10-13-23-26(19)18-11-14-25(15-12-18)22(28)17-8-5-9-17/h2-4,6-7,10,13,17-18,20H,5,8-9,11-12,14-15H2,1H3,(H,24,27)/t20-/m1/s1. The average Bonchev–Trinajstić information content (AvgIpc) is 3.16. The molecule has 2 aliphatic rings.